The average Bonchev–Trinajstić information content (AvgIpc) is 3.31. The van der Waals surface area contributed by atoms with Gasteiger partial charge >= 0.3 is 6.09 Å². The van der Waals surface area contributed by atoms with Crippen LogP contribution in [0.15, 0.2) is 24.3 Å². The van der Waals surface area contributed by atoms with Crippen molar-refractivity contribution in [2.24, 2.45) is 0 Å². The molecule has 8 heteroatoms. The molecule has 5 rings (SSSR count). The summed E-state index contributed by atoms with van der Waals surface area (Å²) >= 11 is 0. The second kappa shape index (κ2) is 6.12. The Labute approximate surface area is 161 Å². The van der Waals surface area contributed by atoms with Crippen molar-refractivity contribution in [2.75, 3.05) is 27.6 Å². The number of ether oxygens (including phenoxy) is 5. The molecule has 0 spiro atoms. The van der Waals surface area contributed by atoms with Crippen LogP contribution in [-0.2, 0) is 11.2 Å². The Bertz CT molecular complexity index is 948. The van der Waals surface area contributed by atoms with Gasteiger partial charge in [0.25, 0.3) is 0 Å². The minimum atomic E-state index is -0.429. The highest BCUT2D eigenvalue weighted by Crippen LogP contribution is 2.48. The van der Waals surface area contributed by atoms with Gasteiger partial charge in [0.2, 0.25) is 12.5 Å². The van der Waals surface area contributed by atoms with Gasteiger partial charge in [-0.05, 0) is 47.4 Å². The number of phenolic OH excluding ortho intramolecular Hbond substituents is 1. The molecule has 0 saturated carbocycles. The molecule has 2 atom stereocenters. The summed E-state index contributed by atoms with van der Waals surface area (Å²) in [5, 5.41) is 10.3. The summed E-state index contributed by atoms with van der Waals surface area (Å²) in [7, 11) is 2.94. The van der Waals surface area contributed by atoms with E-state index in [1.165, 1.54) is 14.2 Å². The summed E-state index contributed by atoms with van der Waals surface area (Å²) in [5.41, 5.74) is 2.74. The highest BCUT2D eigenvalue weighted by Gasteiger charge is 2.45. The number of rotatable bonds is 3. The summed E-state index contributed by atoms with van der Waals surface area (Å²) in [5.74, 6) is 1.80. The minimum Gasteiger partial charge on any atom is -0.502 e. The fourth-order valence-electron chi connectivity index (χ4n) is 4.19. The zero-order valence-electron chi connectivity index (χ0n) is 15.4. The number of carbonyl (C=O) groups is 1. The van der Waals surface area contributed by atoms with Gasteiger partial charge in [0.15, 0.2) is 23.0 Å². The molecule has 0 bridgehead atoms. The van der Waals surface area contributed by atoms with Gasteiger partial charge in [0, 0.05) is 0 Å². The molecule has 0 unspecified atom stereocenters. The van der Waals surface area contributed by atoms with E-state index in [1.54, 1.807) is 17.0 Å². The van der Waals surface area contributed by atoms with E-state index in [9.17, 15) is 9.90 Å². The van der Waals surface area contributed by atoms with Gasteiger partial charge < -0.3 is 28.8 Å². The van der Waals surface area contributed by atoms with Gasteiger partial charge in [-0.3, -0.25) is 4.90 Å². The number of nitrogens with zero attached hydrogens (tertiary/aromatic N) is 1. The predicted molar refractivity (Wildman–Crippen MR) is 96.3 cm³/mol. The monoisotopic (exact) mass is 385 g/mol. The fraction of sp³-hybridized carbons (Fsp3) is 0.350. The molecule has 1 N–H and O–H groups in total. The van der Waals surface area contributed by atoms with Crippen LogP contribution in [0.25, 0.3) is 0 Å². The lowest BCUT2D eigenvalue weighted by Crippen LogP contribution is -2.42. The number of hydrogen-bond donors (Lipinski definition) is 1. The Kier molecular flexibility index (Phi) is 3.68. The lowest BCUT2D eigenvalue weighted by Gasteiger charge is -2.37. The largest absolute Gasteiger partial charge is 0.502 e. The second-order valence-electron chi connectivity index (χ2n) is 6.92. The normalized spacial score (nSPS) is 21.8. The summed E-state index contributed by atoms with van der Waals surface area (Å²) in [6, 6.07) is 6.79. The molecule has 1 fully saturated rings. The van der Waals surface area contributed by atoms with Crippen molar-refractivity contribution in [3.63, 3.8) is 0 Å². The van der Waals surface area contributed by atoms with Crippen LogP contribution < -0.4 is 18.9 Å². The highest BCUT2D eigenvalue weighted by molar-refractivity contribution is 5.73. The van der Waals surface area contributed by atoms with E-state index >= 15 is 0 Å². The maximum absolute atomic E-state index is 12.5. The molecule has 146 valence electrons. The van der Waals surface area contributed by atoms with Crippen LogP contribution in [-0.4, -0.2) is 49.8 Å². The van der Waals surface area contributed by atoms with Gasteiger partial charge in [0.1, 0.15) is 6.61 Å². The van der Waals surface area contributed by atoms with Gasteiger partial charge in [-0.15, -0.1) is 0 Å². The third kappa shape index (κ3) is 2.33. The number of phenols is 1. The molecular formula is C20H19NO7. The maximum Gasteiger partial charge on any atom is 0.411 e. The van der Waals surface area contributed by atoms with E-state index in [4.69, 9.17) is 23.7 Å². The first-order chi connectivity index (χ1) is 13.6. The van der Waals surface area contributed by atoms with E-state index in [0.29, 0.717) is 24.5 Å². The first-order valence-corrected chi connectivity index (χ1v) is 8.93. The van der Waals surface area contributed by atoms with E-state index in [1.807, 2.05) is 12.1 Å². The van der Waals surface area contributed by atoms with Crippen molar-refractivity contribution >= 4 is 6.09 Å². The Hall–Kier alpha value is -3.29. The van der Waals surface area contributed by atoms with Crippen LogP contribution in [0.1, 0.15) is 22.7 Å². The number of methoxy groups -OCH3 is 2. The second-order valence-corrected chi connectivity index (χ2v) is 6.92. The van der Waals surface area contributed by atoms with Crippen LogP contribution in [0.3, 0.4) is 0 Å². The molecule has 0 radical (unpaired) electrons. The number of carbonyl (C=O) groups excluding carboxylic acids is 1. The lowest BCUT2D eigenvalue weighted by atomic mass is 9.85. The number of fused-ring (bicyclic) bond motifs is 3. The quantitative estimate of drug-likeness (QED) is 0.869. The Balaban J connectivity index is 1.72. The third-order valence-corrected chi connectivity index (χ3v) is 5.48. The van der Waals surface area contributed by atoms with E-state index in [0.717, 1.165) is 16.7 Å². The fourth-order valence-corrected chi connectivity index (χ4v) is 4.19. The van der Waals surface area contributed by atoms with Crippen molar-refractivity contribution in [1.82, 2.24) is 4.90 Å². The molecule has 3 aliphatic rings. The number of hydrogen-bond acceptors (Lipinski definition) is 7. The van der Waals surface area contributed by atoms with E-state index in [2.05, 4.69) is 0 Å². The SMILES string of the molecule is COc1cc([C@@H]2c3cc4c(cc3C[C@H]3COC(=O)N32)OCO4)cc(OC)c1O. The predicted octanol–water partition coefficient (Wildman–Crippen LogP) is 2.60. The lowest BCUT2D eigenvalue weighted by molar-refractivity contribution is 0.147. The van der Waals surface area contributed by atoms with Gasteiger partial charge in [0.05, 0.1) is 26.3 Å². The molecule has 2 aromatic rings. The van der Waals surface area contributed by atoms with Gasteiger partial charge in [-0.2, -0.15) is 0 Å². The number of amides is 1. The summed E-state index contributed by atoms with van der Waals surface area (Å²) in [6.45, 7) is 0.508. The zero-order valence-corrected chi connectivity index (χ0v) is 15.4. The van der Waals surface area contributed by atoms with Crippen molar-refractivity contribution in [3.8, 4) is 28.7 Å². The Morgan fingerprint density at radius 1 is 1.04 bits per heavy atom. The number of cyclic esters (lactones) is 1. The van der Waals surface area contributed by atoms with Crippen molar-refractivity contribution in [1.29, 1.82) is 0 Å². The van der Waals surface area contributed by atoms with Crippen LogP contribution in [0.2, 0.25) is 0 Å². The smallest absolute Gasteiger partial charge is 0.411 e. The van der Waals surface area contributed by atoms with E-state index in [-0.39, 0.29) is 36.2 Å². The molecule has 3 aliphatic heterocycles. The molecule has 8 nitrogen and oxygen atoms in total. The topological polar surface area (TPSA) is 86.7 Å². The van der Waals surface area contributed by atoms with Crippen molar-refractivity contribution < 1.29 is 33.6 Å². The summed E-state index contributed by atoms with van der Waals surface area (Å²) in [6.07, 6.45) is 0.296. The molecule has 1 amide bonds. The molecule has 3 heterocycles. The summed E-state index contributed by atoms with van der Waals surface area (Å²) < 4.78 is 27.0. The Morgan fingerprint density at radius 2 is 1.71 bits per heavy atom. The Morgan fingerprint density at radius 3 is 2.39 bits per heavy atom. The molecule has 2 aromatic carbocycles. The molecule has 28 heavy (non-hydrogen) atoms. The first kappa shape index (κ1) is 16.9. The third-order valence-electron chi connectivity index (χ3n) is 5.48. The standard InChI is InChI=1S/C20H19NO7/c1-24-16-5-11(6-17(25-2)19(16)22)18-13-7-15-14(27-9-28-15)4-10(13)3-12-8-26-20(23)21(12)18/h4-7,12,18,22H,3,8-9H2,1-2H3/t12-,18+/m0/s1. The number of aromatic hydroxyl groups is 1. The van der Waals surface area contributed by atoms with Crippen LogP contribution in [0, 0.1) is 0 Å². The average molecular weight is 385 g/mol. The highest BCUT2D eigenvalue weighted by atomic mass is 16.7. The van der Waals surface area contributed by atoms with Gasteiger partial charge in [-0.1, -0.05) is 0 Å². The summed E-state index contributed by atoms with van der Waals surface area (Å²) in [4.78, 5) is 14.3. The molecule has 0 aromatic heterocycles. The molecule has 1 saturated heterocycles. The molecule has 0 aliphatic carbocycles. The van der Waals surface area contributed by atoms with Crippen LogP contribution >= 0.6 is 0 Å². The maximum atomic E-state index is 12.5. The van der Waals surface area contributed by atoms with Crippen LogP contribution in [0.5, 0.6) is 28.7 Å². The first-order valence-electron chi connectivity index (χ1n) is 8.93. The van der Waals surface area contributed by atoms with Crippen LogP contribution in [0.4, 0.5) is 4.79 Å². The molecular weight excluding hydrogens is 366 g/mol. The van der Waals surface area contributed by atoms with Crippen molar-refractivity contribution in [2.45, 2.75) is 18.5 Å². The zero-order chi connectivity index (χ0) is 19.4. The minimum absolute atomic E-state index is 0.0869. The number of benzene rings is 2. The van der Waals surface area contributed by atoms with E-state index < -0.39 is 6.04 Å². The van der Waals surface area contributed by atoms with Gasteiger partial charge in [-0.25, -0.2) is 4.79 Å². The van der Waals surface area contributed by atoms with Crippen molar-refractivity contribution in [3.05, 3.63) is 41.0 Å².